The number of allylic oxidation sites excluding steroid dienone is 5. The minimum absolute atomic E-state index is 0. The minimum atomic E-state index is -4.44. The van der Waals surface area contributed by atoms with Crippen molar-refractivity contribution in [1.29, 1.82) is 0 Å². The van der Waals surface area contributed by atoms with E-state index in [1.165, 1.54) is 56.1 Å². The van der Waals surface area contributed by atoms with Crippen LogP contribution < -0.4 is 5.32 Å². The number of rotatable bonds is 12. The molecule has 0 amide bonds. The van der Waals surface area contributed by atoms with Crippen molar-refractivity contribution >= 4 is 17.2 Å². The molecular formula is C38H48F4N2O3. The second-order valence-corrected chi connectivity index (χ2v) is 13.2. The van der Waals surface area contributed by atoms with Gasteiger partial charge in [-0.1, -0.05) is 38.6 Å². The fourth-order valence-corrected chi connectivity index (χ4v) is 7.14. The van der Waals surface area contributed by atoms with E-state index in [0.717, 1.165) is 24.5 Å². The summed E-state index contributed by atoms with van der Waals surface area (Å²) in [6, 6.07) is 4.61. The molecule has 3 heterocycles. The molecule has 3 aliphatic carbocycles. The van der Waals surface area contributed by atoms with Gasteiger partial charge in [0.15, 0.2) is 0 Å². The number of ether oxygens (including phenoxy) is 2. The maximum absolute atomic E-state index is 15.1. The summed E-state index contributed by atoms with van der Waals surface area (Å²) in [6.45, 7) is 9.86. The molecule has 1 N–H and O–H groups in total. The van der Waals surface area contributed by atoms with E-state index in [2.05, 4.69) is 31.0 Å². The number of aliphatic imine (C=N–C) groups is 1. The van der Waals surface area contributed by atoms with E-state index in [-0.39, 0.29) is 55.8 Å². The monoisotopic (exact) mass is 656 g/mol. The number of nitrogens with one attached hydrogen (secondary N) is 1. The van der Waals surface area contributed by atoms with Crippen molar-refractivity contribution in [2.45, 2.75) is 109 Å². The zero-order valence-electron chi connectivity index (χ0n) is 27.8. The van der Waals surface area contributed by atoms with Crippen molar-refractivity contribution in [3.05, 3.63) is 88.6 Å². The van der Waals surface area contributed by atoms with Crippen molar-refractivity contribution in [1.82, 2.24) is 5.32 Å². The molecule has 5 nitrogen and oxygen atoms in total. The van der Waals surface area contributed by atoms with Gasteiger partial charge in [-0.15, -0.1) is 0 Å². The number of methoxy groups -OCH3 is 1. The Morgan fingerprint density at radius 1 is 1.21 bits per heavy atom. The first-order valence-electron chi connectivity index (χ1n) is 16.8. The van der Waals surface area contributed by atoms with Gasteiger partial charge in [0.25, 0.3) is 0 Å². The van der Waals surface area contributed by atoms with Crippen LogP contribution in [0.5, 0.6) is 0 Å². The summed E-state index contributed by atoms with van der Waals surface area (Å²) in [6.07, 6.45) is 10.5. The molecule has 4 fully saturated rings. The molecule has 0 radical (unpaired) electrons. The Bertz CT molecular complexity index is 1520. The molecule has 0 aromatic heterocycles. The van der Waals surface area contributed by atoms with Crippen LogP contribution in [0.25, 0.3) is 5.70 Å². The van der Waals surface area contributed by atoms with E-state index in [1.807, 2.05) is 13.8 Å². The van der Waals surface area contributed by atoms with Crippen LogP contribution in [0.4, 0.5) is 17.6 Å². The van der Waals surface area contributed by atoms with Crippen molar-refractivity contribution in [2.75, 3.05) is 7.11 Å². The third kappa shape index (κ3) is 7.82. The number of nitrogens with zero attached hydrogens (tertiary/aromatic N) is 1. The number of benzene rings is 1. The van der Waals surface area contributed by atoms with Gasteiger partial charge in [0.2, 0.25) is 0 Å². The molecule has 3 unspecified atom stereocenters. The first kappa shape index (κ1) is 34.9. The lowest BCUT2D eigenvalue weighted by Gasteiger charge is -2.45. The van der Waals surface area contributed by atoms with Gasteiger partial charge in [0, 0.05) is 26.0 Å². The second kappa shape index (κ2) is 14.3. The second-order valence-electron chi connectivity index (χ2n) is 13.2. The van der Waals surface area contributed by atoms with Crippen LogP contribution in [0, 0.1) is 17.2 Å². The first-order chi connectivity index (χ1) is 22.4. The average molecular weight is 657 g/mol. The smallest absolute Gasteiger partial charge is 0.401 e. The third-order valence-corrected chi connectivity index (χ3v) is 9.85. The van der Waals surface area contributed by atoms with E-state index in [0.29, 0.717) is 23.5 Å². The summed E-state index contributed by atoms with van der Waals surface area (Å²) < 4.78 is 66.4. The van der Waals surface area contributed by atoms with E-state index >= 15 is 4.39 Å². The molecular weight excluding hydrogens is 608 g/mol. The zero-order chi connectivity index (χ0) is 33.9. The number of carbonyl (C=O) groups excluding carboxylic acids is 1. The lowest BCUT2D eigenvalue weighted by molar-refractivity contribution is -0.184. The van der Waals surface area contributed by atoms with Gasteiger partial charge >= 0.3 is 6.18 Å². The molecule has 1 aromatic rings. The Balaban J connectivity index is 0.00000170. The van der Waals surface area contributed by atoms with Crippen LogP contribution in [-0.4, -0.2) is 43.0 Å². The van der Waals surface area contributed by atoms with Gasteiger partial charge < -0.3 is 14.8 Å². The number of fused-ring (bicyclic) bond motifs is 3. The van der Waals surface area contributed by atoms with Crippen LogP contribution in [0.2, 0.25) is 0 Å². The maximum atomic E-state index is 15.1. The van der Waals surface area contributed by atoms with Gasteiger partial charge in [-0.25, -0.2) is 9.38 Å². The fourth-order valence-electron chi connectivity index (χ4n) is 7.14. The third-order valence-electron chi connectivity index (χ3n) is 9.85. The maximum Gasteiger partial charge on any atom is 0.401 e. The number of halogens is 4. The zero-order valence-corrected chi connectivity index (χ0v) is 27.8. The Morgan fingerprint density at radius 2 is 1.91 bits per heavy atom. The van der Waals surface area contributed by atoms with Gasteiger partial charge in [-0.05, 0) is 105 Å². The van der Waals surface area contributed by atoms with E-state index in [4.69, 9.17) is 14.5 Å². The number of hydrogen-bond donors (Lipinski definition) is 1. The van der Waals surface area contributed by atoms with Crippen molar-refractivity contribution in [3.63, 3.8) is 0 Å². The van der Waals surface area contributed by atoms with Crippen LogP contribution in [0.15, 0.2) is 76.7 Å². The summed E-state index contributed by atoms with van der Waals surface area (Å²) in [5.74, 6) is -0.357. The summed E-state index contributed by atoms with van der Waals surface area (Å²) in [5.41, 5.74) is 2.98. The predicted molar refractivity (Wildman–Crippen MR) is 179 cm³/mol. The van der Waals surface area contributed by atoms with E-state index < -0.39 is 17.4 Å². The van der Waals surface area contributed by atoms with Gasteiger partial charge in [0.1, 0.15) is 22.8 Å². The molecule has 6 aliphatic rings. The van der Waals surface area contributed by atoms with Gasteiger partial charge in [-0.2, -0.15) is 13.2 Å². The molecule has 0 spiro atoms. The van der Waals surface area contributed by atoms with Gasteiger partial charge in [0.05, 0.1) is 36.8 Å². The molecule has 7 rings (SSSR count). The molecule has 3 atom stereocenters. The van der Waals surface area contributed by atoms with Crippen LogP contribution >= 0.6 is 0 Å². The Hall–Kier alpha value is -3.46. The number of Topliss-reactive ketones (excluding diaryl/α,β-unsaturated/α-hetero) is 1. The summed E-state index contributed by atoms with van der Waals surface area (Å²) in [4.78, 5) is 17.5. The fraction of sp³-hybridized carbons (Fsp3) is 0.526. The SMILES string of the molecule is C=C(/C=C(\OC)C1(C(F)(F)F)CC1)CC(=O)Cc1ccc(C2=CNC3C=C(CCCC4CC5CC(C4)O5)C(C)=CC3=N2)cc1F.CC.[HH]. The Morgan fingerprint density at radius 3 is 2.53 bits per heavy atom. The van der Waals surface area contributed by atoms with Crippen molar-refractivity contribution < 1.29 is 33.3 Å². The highest BCUT2D eigenvalue weighted by Gasteiger charge is 2.66. The molecule has 1 aromatic carbocycles. The topological polar surface area (TPSA) is 59.9 Å². The molecule has 2 bridgehead atoms. The highest BCUT2D eigenvalue weighted by atomic mass is 19.4. The first-order valence-corrected chi connectivity index (χ1v) is 16.8. The molecule has 9 heteroatoms. The van der Waals surface area contributed by atoms with Crippen molar-refractivity contribution in [3.8, 4) is 0 Å². The lowest BCUT2D eigenvalue weighted by atomic mass is 9.78. The molecule has 2 saturated heterocycles. The van der Waals surface area contributed by atoms with Crippen molar-refractivity contribution in [2.24, 2.45) is 16.3 Å². The van der Waals surface area contributed by atoms with Crippen LogP contribution in [-0.2, 0) is 20.7 Å². The largest absolute Gasteiger partial charge is 0.500 e. The molecule has 47 heavy (non-hydrogen) atoms. The van der Waals surface area contributed by atoms with E-state index in [1.54, 1.807) is 18.3 Å². The molecule has 2 saturated carbocycles. The van der Waals surface area contributed by atoms with Crippen LogP contribution in [0.3, 0.4) is 0 Å². The highest BCUT2D eigenvalue weighted by Crippen LogP contribution is 2.62. The molecule has 3 aliphatic heterocycles. The summed E-state index contributed by atoms with van der Waals surface area (Å²) >= 11 is 0. The highest BCUT2D eigenvalue weighted by molar-refractivity contribution is 6.06. The van der Waals surface area contributed by atoms with Gasteiger partial charge in [-0.3, -0.25) is 4.79 Å². The lowest BCUT2D eigenvalue weighted by Crippen LogP contribution is -2.45. The average Bonchev–Trinajstić information content (AvgIpc) is 3.84. The number of hydrogen-bond acceptors (Lipinski definition) is 5. The standard InChI is InChI=1S/C36H40F4N2O3.C2H6.H2/c1-21(12-34(44-3)35(9-10-35)36(38,39)40)11-27(43)16-25-7-8-26(17-30(25)37)33-20-41-31-18-24(22(2)13-32(31)42-33)6-4-5-23-14-28-19-29(15-23)45-28;1-2;/h7-8,12-13,17-18,20,23,28-29,31,41H,1,4-6,9-11,14-16,19H2,2-3H3;1-2H3;1H/b34-12-;;. The van der Waals surface area contributed by atoms with Crippen LogP contribution in [0.1, 0.15) is 91.1 Å². The minimum Gasteiger partial charge on any atom is -0.500 e. The number of carbonyl (C=O) groups is 1. The number of ketones is 1. The summed E-state index contributed by atoms with van der Waals surface area (Å²) in [7, 11) is 1.18. The van der Waals surface area contributed by atoms with E-state index in [9.17, 15) is 18.0 Å². The predicted octanol–water partition coefficient (Wildman–Crippen LogP) is 9.36. The summed E-state index contributed by atoms with van der Waals surface area (Å²) in [5, 5.41) is 3.40. The Kier molecular flexibility index (Phi) is 10.6. The number of alkyl halides is 3. The quantitative estimate of drug-likeness (QED) is 0.138. The molecule has 256 valence electrons. The Labute approximate surface area is 277 Å². The normalized spacial score (nSPS) is 25.7.